The Hall–Kier alpha value is -2.22. The molecule has 2 rings (SSSR count). The van der Waals surface area contributed by atoms with E-state index >= 15 is 0 Å². The fraction of sp³-hybridized carbons (Fsp3) is 0.385. The number of halogens is 2. The number of aliphatic carboxylic acids is 1. The second-order valence-electron chi connectivity index (χ2n) is 4.60. The molecule has 2 atom stereocenters. The number of carboxylic acid groups (broad SMARTS) is 1. The topological polar surface area (TPSA) is 87.1 Å². The number of rotatable bonds is 4. The van der Waals surface area contributed by atoms with E-state index in [0.29, 0.717) is 0 Å². The van der Waals surface area contributed by atoms with Crippen LogP contribution >= 0.6 is 0 Å². The highest BCUT2D eigenvalue weighted by molar-refractivity contribution is 5.97. The molecule has 0 saturated carbocycles. The Bertz CT molecular complexity index is 534. The quantitative estimate of drug-likeness (QED) is 0.864. The van der Waals surface area contributed by atoms with Crippen LogP contribution in [0.1, 0.15) is 16.8 Å². The molecule has 21 heavy (non-hydrogen) atoms. The maximum atomic E-state index is 12.2. The predicted octanol–water partition coefficient (Wildman–Crippen LogP) is 0.948. The molecule has 2 N–H and O–H groups in total. The lowest BCUT2D eigenvalue weighted by atomic mass is 10.1. The summed E-state index contributed by atoms with van der Waals surface area (Å²) in [5.74, 6) is -1.88. The monoisotopic (exact) mass is 301 g/mol. The predicted molar refractivity (Wildman–Crippen MR) is 66.2 cm³/mol. The van der Waals surface area contributed by atoms with Crippen molar-refractivity contribution in [2.75, 3.05) is 6.54 Å². The molecule has 0 aliphatic carbocycles. The van der Waals surface area contributed by atoms with Crippen LogP contribution in [0, 0.1) is 0 Å². The Labute approximate surface area is 118 Å². The van der Waals surface area contributed by atoms with Crippen LogP contribution in [0.15, 0.2) is 24.3 Å². The van der Waals surface area contributed by atoms with Crippen molar-refractivity contribution in [2.45, 2.75) is 25.2 Å². The highest BCUT2D eigenvalue weighted by Crippen LogP contribution is 2.22. The first-order valence-corrected chi connectivity index (χ1v) is 6.15. The van der Waals surface area contributed by atoms with Gasteiger partial charge in [-0.05, 0) is 24.3 Å². The first-order chi connectivity index (χ1) is 9.88. The van der Waals surface area contributed by atoms with Crippen LogP contribution < -0.4 is 4.74 Å². The van der Waals surface area contributed by atoms with Crippen molar-refractivity contribution < 1.29 is 33.3 Å². The molecule has 1 aromatic carbocycles. The van der Waals surface area contributed by atoms with Gasteiger partial charge in [-0.2, -0.15) is 8.78 Å². The molecule has 8 heteroatoms. The summed E-state index contributed by atoms with van der Waals surface area (Å²) in [7, 11) is 0. The molecule has 0 radical (unpaired) electrons. The Morgan fingerprint density at radius 2 is 1.90 bits per heavy atom. The number of hydrogen-bond acceptors (Lipinski definition) is 4. The molecule has 1 heterocycles. The van der Waals surface area contributed by atoms with Crippen LogP contribution in [-0.2, 0) is 4.79 Å². The number of carboxylic acids is 1. The summed E-state index contributed by atoms with van der Waals surface area (Å²) in [4.78, 5) is 24.3. The van der Waals surface area contributed by atoms with Gasteiger partial charge in [-0.15, -0.1) is 0 Å². The smallest absolute Gasteiger partial charge is 0.387 e. The third kappa shape index (κ3) is 3.46. The van der Waals surface area contributed by atoms with Crippen LogP contribution in [0.25, 0.3) is 0 Å². The van der Waals surface area contributed by atoms with E-state index in [0.717, 1.165) is 4.90 Å². The average molecular weight is 301 g/mol. The van der Waals surface area contributed by atoms with Crippen LogP contribution in [0.2, 0.25) is 0 Å². The van der Waals surface area contributed by atoms with Gasteiger partial charge in [0.2, 0.25) is 0 Å². The summed E-state index contributed by atoms with van der Waals surface area (Å²) in [6, 6.07) is 3.83. The van der Waals surface area contributed by atoms with E-state index in [2.05, 4.69) is 4.74 Å². The van der Waals surface area contributed by atoms with E-state index in [1.54, 1.807) is 0 Å². The van der Waals surface area contributed by atoms with E-state index in [1.165, 1.54) is 24.3 Å². The zero-order valence-corrected chi connectivity index (χ0v) is 10.8. The van der Waals surface area contributed by atoms with Crippen molar-refractivity contribution >= 4 is 11.9 Å². The third-order valence-corrected chi connectivity index (χ3v) is 3.15. The maximum Gasteiger partial charge on any atom is 0.387 e. The summed E-state index contributed by atoms with van der Waals surface area (Å²) in [6.45, 7) is -3.04. The first kappa shape index (κ1) is 15.2. The molecule has 6 nitrogen and oxygen atoms in total. The van der Waals surface area contributed by atoms with Crippen molar-refractivity contribution in [3.05, 3.63) is 29.8 Å². The molecule has 1 aromatic rings. The second kappa shape index (κ2) is 6.04. The lowest BCUT2D eigenvalue weighted by molar-refractivity contribution is -0.141. The van der Waals surface area contributed by atoms with Crippen molar-refractivity contribution in [3.8, 4) is 5.75 Å². The first-order valence-electron chi connectivity index (χ1n) is 6.15. The standard InChI is InChI=1S/C13H13F2NO5/c14-13(15)21-9-3-1-7(2-4-9)11(18)16-6-8(17)5-10(16)12(19)20/h1-4,8,10,13,17H,5-6H2,(H,19,20)/t8-,10-/m1/s1. The lowest BCUT2D eigenvalue weighted by Crippen LogP contribution is -2.40. The zero-order chi connectivity index (χ0) is 15.6. The third-order valence-electron chi connectivity index (χ3n) is 3.15. The normalized spacial score (nSPS) is 21.6. The van der Waals surface area contributed by atoms with Gasteiger partial charge in [0.05, 0.1) is 6.10 Å². The summed E-state index contributed by atoms with van der Waals surface area (Å²) < 4.78 is 28.2. The molecule has 1 fully saturated rings. The van der Waals surface area contributed by atoms with E-state index in [-0.39, 0.29) is 24.3 Å². The second-order valence-corrected chi connectivity index (χ2v) is 4.60. The molecule has 0 unspecified atom stereocenters. The minimum atomic E-state index is -2.96. The number of ether oxygens (including phenoxy) is 1. The zero-order valence-electron chi connectivity index (χ0n) is 10.8. The van der Waals surface area contributed by atoms with E-state index in [1.807, 2.05) is 0 Å². The summed E-state index contributed by atoms with van der Waals surface area (Å²) >= 11 is 0. The van der Waals surface area contributed by atoms with Gasteiger partial charge in [0.25, 0.3) is 5.91 Å². The molecule has 1 aliphatic heterocycles. The van der Waals surface area contributed by atoms with Gasteiger partial charge in [0.15, 0.2) is 0 Å². The Balaban J connectivity index is 2.14. The molecule has 114 valence electrons. The number of aliphatic hydroxyl groups is 1. The molecular weight excluding hydrogens is 288 g/mol. The van der Waals surface area contributed by atoms with Gasteiger partial charge >= 0.3 is 12.6 Å². The number of hydrogen-bond donors (Lipinski definition) is 2. The number of likely N-dealkylation sites (tertiary alicyclic amines) is 1. The Morgan fingerprint density at radius 1 is 1.29 bits per heavy atom. The number of β-amino-alcohol motifs (C(OH)–C–C–N with tert-alkyl or cyclic N) is 1. The maximum absolute atomic E-state index is 12.2. The van der Waals surface area contributed by atoms with E-state index in [4.69, 9.17) is 5.11 Å². The summed E-state index contributed by atoms with van der Waals surface area (Å²) in [6.07, 6.45) is -0.926. The van der Waals surface area contributed by atoms with Crippen LogP contribution in [0.5, 0.6) is 5.75 Å². The largest absolute Gasteiger partial charge is 0.480 e. The van der Waals surface area contributed by atoms with Crippen LogP contribution in [0.4, 0.5) is 8.78 Å². The Morgan fingerprint density at radius 3 is 2.43 bits per heavy atom. The van der Waals surface area contributed by atoms with Gasteiger partial charge in [-0.25, -0.2) is 4.79 Å². The minimum absolute atomic E-state index is 0.0341. The van der Waals surface area contributed by atoms with Gasteiger partial charge in [0.1, 0.15) is 11.8 Å². The fourth-order valence-electron chi connectivity index (χ4n) is 2.22. The number of benzene rings is 1. The number of alkyl halides is 2. The van der Waals surface area contributed by atoms with Crippen molar-refractivity contribution in [2.24, 2.45) is 0 Å². The SMILES string of the molecule is O=C(O)[C@H]1C[C@@H](O)CN1C(=O)c1ccc(OC(F)F)cc1. The molecule has 0 spiro atoms. The molecule has 1 aliphatic rings. The van der Waals surface area contributed by atoms with Crippen molar-refractivity contribution in [3.63, 3.8) is 0 Å². The number of carbonyl (C=O) groups is 2. The summed E-state index contributed by atoms with van der Waals surface area (Å²) in [5.41, 5.74) is 0.136. The fourth-order valence-corrected chi connectivity index (χ4v) is 2.22. The van der Waals surface area contributed by atoms with Gasteiger partial charge in [-0.1, -0.05) is 0 Å². The summed E-state index contributed by atoms with van der Waals surface area (Å²) in [5, 5.41) is 18.5. The van der Waals surface area contributed by atoms with Crippen molar-refractivity contribution in [1.29, 1.82) is 0 Å². The minimum Gasteiger partial charge on any atom is -0.480 e. The number of aliphatic hydroxyl groups excluding tert-OH is 1. The lowest BCUT2D eigenvalue weighted by Gasteiger charge is -2.21. The highest BCUT2D eigenvalue weighted by Gasteiger charge is 2.39. The van der Waals surface area contributed by atoms with Crippen molar-refractivity contribution in [1.82, 2.24) is 4.90 Å². The van der Waals surface area contributed by atoms with Gasteiger partial charge < -0.3 is 19.8 Å². The molecule has 1 amide bonds. The molecule has 0 aromatic heterocycles. The van der Waals surface area contributed by atoms with Gasteiger partial charge in [0, 0.05) is 18.5 Å². The number of carbonyl (C=O) groups excluding carboxylic acids is 1. The number of amides is 1. The number of nitrogens with zero attached hydrogens (tertiary/aromatic N) is 1. The van der Waals surface area contributed by atoms with E-state index < -0.39 is 30.6 Å². The Kier molecular flexibility index (Phi) is 4.37. The molecular formula is C13H13F2NO5. The molecule has 0 bridgehead atoms. The molecule has 1 saturated heterocycles. The van der Waals surface area contributed by atoms with Crippen LogP contribution in [0.3, 0.4) is 0 Å². The van der Waals surface area contributed by atoms with Gasteiger partial charge in [-0.3, -0.25) is 4.79 Å². The average Bonchev–Trinajstić information content (AvgIpc) is 2.80. The van der Waals surface area contributed by atoms with Crippen LogP contribution in [-0.4, -0.2) is 52.3 Å². The van der Waals surface area contributed by atoms with E-state index in [9.17, 15) is 23.5 Å². The highest BCUT2D eigenvalue weighted by atomic mass is 19.3.